The lowest BCUT2D eigenvalue weighted by Crippen LogP contribution is -2.48. The van der Waals surface area contributed by atoms with Gasteiger partial charge in [-0.15, -0.1) is 24.0 Å². The molecule has 2 aromatic carbocycles. The van der Waals surface area contributed by atoms with Gasteiger partial charge >= 0.3 is 6.18 Å². The van der Waals surface area contributed by atoms with Gasteiger partial charge in [0.2, 0.25) is 0 Å². The van der Waals surface area contributed by atoms with Gasteiger partial charge in [-0.25, -0.2) is 0 Å². The molecule has 0 aromatic heterocycles. The minimum atomic E-state index is -4.38. The monoisotopic (exact) mass is 549 g/mol. The molecule has 2 aromatic rings. The lowest BCUT2D eigenvalue weighted by Gasteiger charge is -2.35. The lowest BCUT2D eigenvalue weighted by atomic mass is 10.0. The number of hydrogen-bond donors (Lipinski definition) is 2. The number of nitrogens with one attached hydrogen (secondary N) is 1. The number of morpholine rings is 1. The Hall–Kier alpha value is -2.01. The standard InChI is InChI=1S/C22H26F3N3O2.HI/c1-26-21(27-11-3-4-16-7-9-19(29)10-8-16)28-12-13-30-20(15-28)17-5-2-6-18(14-17)22(23,24)25;/h2,5-10,14,20,29H,3-4,11-13,15H2,1H3,(H,26,27);1H. The predicted octanol–water partition coefficient (Wildman–Crippen LogP) is 4.61. The third kappa shape index (κ3) is 7.27. The van der Waals surface area contributed by atoms with Crippen molar-refractivity contribution in [3.05, 3.63) is 65.2 Å². The SMILES string of the molecule is CN=C(NCCCc1ccc(O)cc1)N1CCOC(c2cccc(C(F)(F)F)c2)C1.I. The van der Waals surface area contributed by atoms with Crippen molar-refractivity contribution < 1.29 is 23.0 Å². The first kappa shape index (κ1) is 25.3. The third-order valence-electron chi connectivity index (χ3n) is 5.03. The number of aryl methyl sites for hydroxylation is 1. The number of aliphatic imine (C=N–C) groups is 1. The van der Waals surface area contributed by atoms with Crippen LogP contribution in [-0.4, -0.2) is 49.3 Å². The van der Waals surface area contributed by atoms with E-state index < -0.39 is 17.8 Å². The highest BCUT2D eigenvalue weighted by Crippen LogP contribution is 2.32. The molecule has 5 nitrogen and oxygen atoms in total. The van der Waals surface area contributed by atoms with Gasteiger partial charge in [-0.3, -0.25) is 4.99 Å². The highest BCUT2D eigenvalue weighted by Gasteiger charge is 2.32. The van der Waals surface area contributed by atoms with Gasteiger partial charge in [0, 0.05) is 20.1 Å². The Morgan fingerprint density at radius 1 is 1.23 bits per heavy atom. The maximum atomic E-state index is 13.0. The third-order valence-corrected chi connectivity index (χ3v) is 5.03. The number of phenolic OH excluding ortho intramolecular Hbond substituents is 1. The number of hydrogen-bond acceptors (Lipinski definition) is 3. The van der Waals surface area contributed by atoms with E-state index in [-0.39, 0.29) is 29.7 Å². The second-order valence-corrected chi connectivity index (χ2v) is 7.17. The van der Waals surface area contributed by atoms with Crippen LogP contribution >= 0.6 is 24.0 Å². The van der Waals surface area contributed by atoms with Gasteiger partial charge < -0.3 is 20.1 Å². The first-order valence-electron chi connectivity index (χ1n) is 9.89. The zero-order chi connectivity index (χ0) is 21.6. The number of halogens is 4. The number of rotatable bonds is 5. The van der Waals surface area contributed by atoms with E-state index in [2.05, 4.69) is 10.3 Å². The molecule has 1 unspecified atom stereocenters. The summed E-state index contributed by atoms with van der Waals surface area (Å²) in [5, 5.41) is 12.7. The van der Waals surface area contributed by atoms with Gasteiger partial charge in [0.25, 0.3) is 0 Å². The van der Waals surface area contributed by atoms with Crippen molar-refractivity contribution in [3.63, 3.8) is 0 Å². The van der Waals surface area contributed by atoms with Crippen molar-refractivity contribution in [2.45, 2.75) is 25.1 Å². The van der Waals surface area contributed by atoms with Crippen LogP contribution in [0.3, 0.4) is 0 Å². The van der Waals surface area contributed by atoms with Crippen LogP contribution in [0.5, 0.6) is 5.75 Å². The summed E-state index contributed by atoms with van der Waals surface area (Å²) >= 11 is 0. The summed E-state index contributed by atoms with van der Waals surface area (Å²) < 4.78 is 44.8. The Bertz CT molecular complexity index is 860. The molecule has 1 atom stereocenters. The zero-order valence-corrected chi connectivity index (χ0v) is 19.6. The first-order chi connectivity index (χ1) is 14.4. The molecule has 0 spiro atoms. The second-order valence-electron chi connectivity index (χ2n) is 7.17. The fourth-order valence-electron chi connectivity index (χ4n) is 3.45. The van der Waals surface area contributed by atoms with Crippen molar-refractivity contribution in [2.75, 3.05) is 33.3 Å². The highest BCUT2D eigenvalue weighted by molar-refractivity contribution is 14.0. The van der Waals surface area contributed by atoms with Crippen molar-refractivity contribution in [1.82, 2.24) is 10.2 Å². The van der Waals surface area contributed by atoms with Crippen LogP contribution in [-0.2, 0) is 17.3 Å². The summed E-state index contributed by atoms with van der Waals surface area (Å²) in [4.78, 5) is 6.32. The first-order valence-corrected chi connectivity index (χ1v) is 9.89. The van der Waals surface area contributed by atoms with E-state index >= 15 is 0 Å². The molecular formula is C22H27F3IN3O2. The minimum Gasteiger partial charge on any atom is -0.508 e. The Balaban J connectivity index is 0.00000341. The minimum absolute atomic E-state index is 0. The van der Waals surface area contributed by atoms with E-state index in [0.29, 0.717) is 37.8 Å². The van der Waals surface area contributed by atoms with Gasteiger partial charge in [-0.05, 0) is 48.2 Å². The smallest absolute Gasteiger partial charge is 0.416 e. The number of ether oxygens (including phenoxy) is 1. The summed E-state index contributed by atoms with van der Waals surface area (Å²) in [5.41, 5.74) is 0.982. The van der Waals surface area contributed by atoms with Gasteiger partial charge in [-0.1, -0.05) is 24.3 Å². The van der Waals surface area contributed by atoms with E-state index in [4.69, 9.17) is 4.74 Å². The average Bonchev–Trinajstić information content (AvgIpc) is 2.75. The second kappa shape index (κ2) is 11.6. The van der Waals surface area contributed by atoms with Crippen LogP contribution in [0.4, 0.5) is 13.2 Å². The van der Waals surface area contributed by atoms with Crippen LogP contribution in [0.25, 0.3) is 0 Å². The van der Waals surface area contributed by atoms with Gasteiger partial charge in [0.1, 0.15) is 11.9 Å². The molecule has 1 heterocycles. The fourth-order valence-corrected chi connectivity index (χ4v) is 3.45. The molecule has 0 bridgehead atoms. The zero-order valence-electron chi connectivity index (χ0n) is 17.2. The molecule has 3 rings (SSSR count). The normalized spacial score (nSPS) is 17.2. The molecule has 31 heavy (non-hydrogen) atoms. The number of guanidine groups is 1. The highest BCUT2D eigenvalue weighted by atomic mass is 127. The summed E-state index contributed by atoms with van der Waals surface area (Å²) in [5.74, 6) is 0.959. The van der Waals surface area contributed by atoms with E-state index in [1.165, 1.54) is 6.07 Å². The molecule has 170 valence electrons. The van der Waals surface area contributed by atoms with Crippen molar-refractivity contribution in [3.8, 4) is 5.75 Å². The Labute approximate surface area is 197 Å². The van der Waals surface area contributed by atoms with Crippen molar-refractivity contribution in [2.24, 2.45) is 4.99 Å². The molecule has 0 amide bonds. The molecule has 0 aliphatic carbocycles. The van der Waals surface area contributed by atoms with Gasteiger partial charge in [-0.2, -0.15) is 13.2 Å². The molecule has 1 aliphatic rings. The largest absolute Gasteiger partial charge is 0.508 e. The molecular weight excluding hydrogens is 522 g/mol. The summed E-state index contributed by atoms with van der Waals surface area (Å²) in [7, 11) is 1.69. The van der Waals surface area contributed by atoms with Crippen LogP contribution in [0, 0.1) is 0 Å². The van der Waals surface area contributed by atoms with E-state index in [0.717, 1.165) is 30.5 Å². The lowest BCUT2D eigenvalue weighted by molar-refractivity contribution is -0.137. The fraction of sp³-hybridized carbons (Fsp3) is 0.409. The van der Waals surface area contributed by atoms with Gasteiger partial charge in [0.15, 0.2) is 5.96 Å². The van der Waals surface area contributed by atoms with E-state index in [1.807, 2.05) is 17.0 Å². The molecule has 2 N–H and O–H groups in total. The topological polar surface area (TPSA) is 57.1 Å². The average molecular weight is 549 g/mol. The van der Waals surface area contributed by atoms with E-state index in [1.54, 1.807) is 25.2 Å². The quantitative estimate of drug-likeness (QED) is 0.248. The molecule has 1 fully saturated rings. The molecule has 9 heteroatoms. The van der Waals surface area contributed by atoms with Crippen LogP contribution in [0.15, 0.2) is 53.5 Å². The van der Waals surface area contributed by atoms with Crippen LogP contribution in [0.1, 0.15) is 29.2 Å². The van der Waals surface area contributed by atoms with Crippen molar-refractivity contribution in [1.29, 1.82) is 0 Å². The number of alkyl halides is 3. The summed E-state index contributed by atoms with van der Waals surface area (Å²) in [6.07, 6.45) is -3.08. The van der Waals surface area contributed by atoms with Crippen LogP contribution in [0.2, 0.25) is 0 Å². The van der Waals surface area contributed by atoms with E-state index in [9.17, 15) is 18.3 Å². The number of aromatic hydroxyl groups is 1. The van der Waals surface area contributed by atoms with Crippen molar-refractivity contribution >= 4 is 29.9 Å². The Kier molecular flexibility index (Phi) is 9.42. The molecule has 1 aliphatic heterocycles. The Morgan fingerprint density at radius 3 is 2.65 bits per heavy atom. The summed E-state index contributed by atoms with van der Waals surface area (Å²) in [6.45, 7) is 2.17. The molecule has 1 saturated heterocycles. The predicted molar refractivity (Wildman–Crippen MR) is 125 cm³/mol. The number of nitrogens with zero attached hydrogens (tertiary/aromatic N) is 2. The number of benzene rings is 2. The number of phenols is 1. The summed E-state index contributed by atoms with van der Waals surface area (Å²) in [6, 6.07) is 12.4. The molecule has 0 radical (unpaired) electrons. The molecule has 0 saturated carbocycles. The maximum absolute atomic E-state index is 13.0. The maximum Gasteiger partial charge on any atom is 0.416 e. The van der Waals surface area contributed by atoms with Crippen LogP contribution < -0.4 is 5.32 Å². The van der Waals surface area contributed by atoms with Gasteiger partial charge in [0.05, 0.1) is 18.7 Å². The Morgan fingerprint density at radius 2 is 1.97 bits per heavy atom.